The zero-order chi connectivity index (χ0) is 10.3. The van der Waals surface area contributed by atoms with Gasteiger partial charge in [0.05, 0.1) is 13.7 Å². The molecule has 0 spiro atoms. The SMILES string of the molecule is COc1ccc2c(c1)C1COCCC1N2. The highest BCUT2D eigenvalue weighted by Crippen LogP contribution is 2.40. The predicted molar refractivity (Wildman–Crippen MR) is 58.6 cm³/mol. The van der Waals surface area contributed by atoms with Crippen LogP contribution in [0.2, 0.25) is 0 Å². The third-order valence-corrected chi connectivity index (χ3v) is 3.36. The molecule has 1 aromatic carbocycles. The molecule has 2 aliphatic rings. The molecule has 15 heavy (non-hydrogen) atoms. The standard InChI is InChI=1S/C12H15NO2/c1-14-8-2-3-11-9(6-8)10-7-15-5-4-12(10)13-11/h2-3,6,10,12-13H,4-5,7H2,1H3. The number of nitrogens with one attached hydrogen (secondary N) is 1. The van der Waals surface area contributed by atoms with E-state index in [-0.39, 0.29) is 0 Å². The van der Waals surface area contributed by atoms with Gasteiger partial charge in [0, 0.05) is 24.3 Å². The molecule has 1 saturated heterocycles. The van der Waals surface area contributed by atoms with Crippen molar-refractivity contribution in [1.82, 2.24) is 0 Å². The monoisotopic (exact) mass is 205 g/mol. The molecule has 1 N–H and O–H groups in total. The summed E-state index contributed by atoms with van der Waals surface area (Å²) in [5, 5.41) is 3.55. The Morgan fingerprint density at radius 1 is 1.47 bits per heavy atom. The average Bonchev–Trinajstić information content (AvgIpc) is 2.66. The summed E-state index contributed by atoms with van der Waals surface area (Å²) in [6.45, 7) is 1.71. The molecule has 3 rings (SSSR count). The highest BCUT2D eigenvalue weighted by molar-refractivity contribution is 5.61. The van der Waals surface area contributed by atoms with Crippen LogP contribution in [0.3, 0.4) is 0 Å². The number of rotatable bonds is 1. The molecule has 0 bridgehead atoms. The molecule has 2 atom stereocenters. The second-order valence-electron chi connectivity index (χ2n) is 4.17. The molecule has 0 radical (unpaired) electrons. The largest absolute Gasteiger partial charge is 0.497 e. The van der Waals surface area contributed by atoms with Crippen molar-refractivity contribution >= 4 is 5.69 Å². The molecule has 0 aromatic heterocycles. The van der Waals surface area contributed by atoms with E-state index in [0.29, 0.717) is 12.0 Å². The lowest BCUT2D eigenvalue weighted by atomic mass is 9.92. The van der Waals surface area contributed by atoms with Crippen LogP contribution in [-0.2, 0) is 4.74 Å². The van der Waals surface area contributed by atoms with E-state index in [0.717, 1.165) is 25.4 Å². The van der Waals surface area contributed by atoms with Crippen LogP contribution in [-0.4, -0.2) is 26.4 Å². The van der Waals surface area contributed by atoms with E-state index in [1.54, 1.807) is 7.11 Å². The van der Waals surface area contributed by atoms with Gasteiger partial charge in [-0.2, -0.15) is 0 Å². The minimum atomic E-state index is 0.504. The molecule has 2 unspecified atom stereocenters. The predicted octanol–water partition coefficient (Wildman–Crippen LogP) is 1.99. The van der Waals surface area contributed by atoms with E-state index in [4.69, 9.17) is 9.47 Å². The average molecular weight is 205 g/mol. The highest BCUT2D eigenvalue weighted by Gasteiger charge is 2.34. The summed E-state index contributed by atoms with van der Waals surface area (Å²) in [5.74, 6) is 1.44. The lowest BCUT2D eigenvalue weighted by molar-refractivity contribution is 0.0768. The fraction of sp³-hybridized carbons (Fsp3) is 0.500. The zero-order valence-corrected chi connectivity index (χ0v) is 8.82. The first-order valence-corrected chi connectivity index (χ1v) is 5.40. The third kappa shape index (κ3) is 1.38. The second kappa shape index (κ2) is 3.42. The number of hydrogen-bond donors (Lipinski definition) is 1. The Hall–Kier alpha value is -1.22. The Labute approximate surface area is 89.4 Å². The summed E-state index contributed by atoms with van der Waals surface area (Å²) < 4.78 is 10.8. The first-order valence-electron chi connectivity index (χ1n) is 5.40. The fourth-order valence-electron chi connectivity index (χ4n) is 2.52. The van der Waals surface area contributed by atoms with Crippen molar-refractivity contribution in [2.75, 3.05) is 25.6 Å². The van der Waals surface area contributed by atoms with Crippen LogP contribution >= 0.6 is 0 Å². The summed E-state index contributed by atoms with van der Waals surface area (Å²) in [5.41, 5.74) is 2.59. The lowest BCUT2D eigenvalue weighted by Crippen LogP contribution is -2.30. The van der Waals surface area contributed by atoms with Gasteiger partial charge in [-0.1, -0.05) is 0 Å². The first kappa shape index (κ1) is 9.04. The Morgan fingerprint density at radius 2 is 2.40 bits per heavy atom. The molecule has 2 aliphatic heterocycles. The van der Waals surface area contributed by atoms with Gasteiger partial charge in [0.25, 0.3) is 0 Å². The van der Waals surface area contributed by atoms with Gasteiger partial charge in [-0.25, -0.2) is 0 Å². The molecule has 0 saturated carbocycles. The van der Waals surface area contributed by atoms with E-state index in [1.165, 1.54) is 11.3 Å². The normalized spacial score (nSPS) is 27.8. The summed E-state index contributed by atoms with van der Waals surface area (Å²) in [7, 11) is 1.71. The van der Waals surface area contributed by atoms with Crippen molar-refractivity contribution in [1.29, 1.82) is 0 Å². The number of ether oxygens (including phenoxy) is 2. The fourth-order valence-corrected chi connectivity index (χ4v) is 2.52. The summed E-state index contributed by atoms with van der Waals surface area (Å²) in [6.07, 6.45) is 1.10. The number of anilines is 1. The van der Waals surface area contributed by atoms with Gasteiger partial charge in [0.2, 0.25) is 0 Å². The van der Waals surface area contributed by atoms with E-state index < -0.39 is 0 Å². The van der Waals surface area contributed by atoms with Crippen molar-refractivity contribution in [2.24, 2.45) is 0 Å². The quantitative estimate of drug-likeness (QED) is 0.760. The molecule has 1 fully saturated rings. The first-order chi connectivity index (χ1) is 7.38. The van der Waals surface area contributed by atoms with Crippen LogP contribution in [0.1, 0.15) is 17.9 Å². The summed E-state index contributed by atoms with van der Waals surface area (Å²) >= 11 is 0. The van der Waals surface area contributed by atoms with Crippen LogP contribution in [0.15, 0.2) is 18.2 Å². The van der Waals surface area contributed by atoms with Crippen LogP contribution < -0.4 is 10.1 Å². The number of fused-ring (bicyclic) bond motifs is 3. The van der Waals surface area contributed by atoms with Gasteiger partial charge in [-0.05, 0) is 30.2 Å². The van der Waals surface area contributed by atoms with Gasteiger partial charge in [0.15, 0.2) is 0 Å². The van der Waals surface area contributed by atoms with Crippen molar-refractivity contribution in [2.45, 2.75) is 18.4 Å². The number of methoxy groups -OCH3 is 1. The Kier molecular flexibility index (Phi) is 2.06. The van der Waals surface area contributed by atoms with E-state index in [2.05, 4.69) is 17.4 Å². The van der Waals surface area contributed by atoms with Crippen LogP contribution in [0.4, 0.5) is 5.69 Å². The Morgan fingerprint density at radius 3 is 3.27 bits per heavy atom. The summed E-state index contributed by atoms with van der Waals surface area (Å²) in [6, 6.07) is 6.79. The minimum absolute atomic E-state index is 0.504. The topological polar surface area (TPSA) is 30.5 Å². The third-order valence-electron chi connectivity index (χ3n) is 3.36. The molecule has 1 aromatic rings. The van der Waals surface area contributed by atoms with Crippen LogP contribution in [0, 0.1) is 0 Å². The minimum Gasteiger partial charge on any atom is -0.497 e. The molecular weight excluding hydrogens is 190 g/mol. The van der Waals surface area contributed by atoms with Crippen LogP contribution in [0.5, 0.6) is 5.75 Å². The molecule has 3 heteroatoms. The maximum Gasteiger partial charge on any atom is 0.119 e. The molecule has 0 amide bonds. The zero-order valence-electron chi connectivity index (χ0n) is 8.82. The molecule has 2 heterocycles. The molecular formula is C12H15NO2. The highest BCUT2D eigenvalue weighted by atomic mass is 16.5. The van der Waals surface area contributed by atoms with Gasteiger partial charge in [0.1, 0.15) is 5.75 Å². The van der Waals surface area contributed by atoms with Crippen LogP contribution in [0.25, 0.3) is 0 Å². The van der Waals surface area contributed by atoms with E-state index >= 15 is 0 Å². The van der Waals surface area contributed by atoms with E-state index in [1.807, 2.05) is 6.07 Å². The smallest absolute Gasteiger partial charge is 0.119 e. The van der Waals surface area contributed by atoms with Gasteiger partial charge < -0.3 is 14.8 Å². The number of hydrogen-bond acceptors (Lipinski definition) is 3. The maximum absolute atomic E-state index is 5.53. The van der Waals surface area contributed by atoms with Gasteiger partial charge in [-0.3, -0.25) is 0 Å². The Bertz CT molecular complexity index is 378. The molecule has 3 nitrogen and oxygen atoms in total. The van der Waals surface area contributed by atoms with Crippen molar-refractivity contribution < 1.29 is 9.47 Å². The van der Waals surface area contributed by atoms with Gasteiger partial charge >= 0.3 is 0 Å². The van der Waals surface area contributed by atoms with Crippen molar-refractivity contribution in [3.63, 3.8) is 0 Å². The van der Waals surface area contributed by atoms with Crippen molar-refractivity contribution in [3.8, 4) is 5.75 Å². The maximum atomic E-state index is 5.53. The molecule has 80 valence electrons. The summed E-state index contributed by atoms with van der Waals surface area (Å²) in [4.78, 5) is 0. The lowest BCUT2D eigenvalue weighted by Gasteiger charge is -2.25. The van der Waals surface area contributed by atoms with Gasteiger partial charge in [-0.15, -0.1) is 0 Å². The number of benzene rings is 1. The van der Waals surface area contributed by atoms with Crippen molar-refractivity contribution in [3.05, 3.63) is 23.8 Å². The van der Waals surface area contributed by atoms with E-state index in [9.17, 15) is 0 Å². The Balaban J connectivity index is 1.98. The second-order valence-corrected chi connectivity index (χ2v) is 4.17. The molecule has 0 aliphatic carbocycles.